The fourth-order valence-electron chi connectivity index (χ4n) is 5.65. The van der Waals surface area contributed by atoms with Gasteiger partial charge in [0, 0.05) is 25.5 Å². The van der Waals surface area contributed by atoms with Crippen molar-refractivity contribution in [1.29, 1.82) is 0 Å². The number of carbonyl (C=O) groups is 2. The zero-order valence-corrected chi connectivity index (χ0v) is 23.7. The van der Waals surface area contributed by atoms with E-state index in [1.54, 1.807) is 18.2 Å². The van der Waals surface area contributed by atoms with Crippen molar-refractivity contribution < 1.29 is 45.2 Å². The fraction of sp³-hybridized carbons (Fsp3) is 0.571. The van der Waals surface area contributed by atoms with E-state index in [1.165, 1.54) is 13.4 Å². The minimum absolute atomic E-state index is 0.0642. The summed E-state index contributed by atoms with van der Waals surface area (Å²) in [6.07, 6.45) is -3.73. The Morgan fingerprint density at radius 3 is 2.60 bits per heavy atom. The van der Waals surface area contributed by atoms with E-state index < -0.39 is 54.6 Å². The van der Waals surface area contributed by atoms with Gasteiger partial charge in [0.05, 0.1) is 19.2 Å². The molecule has 1 aliphatic carbocycles. The number of hydrogen-bond donors (Lipinski definition) is 2. The maximum Gasteiger partial charge on any atom is 0.410 e. The normalized spacial score (nSPS) is 20.9. The first-order valence-electron chi connectivity index (χ1n) is 13.9. The molecule has 0 radical (unpaired) electrons. The Morgan fingerprint density at radius 1 is 1.26 bits per heavy atom. The Labute approximate surface area is 243 Å². The number of fused-ring (bicyclic) bond motifs is 1. The average Bonchev–Trinajstić information content (AvgIpc) is 3.68. The van der Waals surface area contributed by atoms with Crippen molar-refractivity contribution in [2.24, 2.45) is 5.92 Å². The lowest BCUT2D eigenvalue weighted by molar-refractivity contribution is -0.150. The monoisotopic (exact) mass is 613 g/mol. The van der Waals surface area contributed by atoms with Crippen molar-refractivity contribution in [3.63, 3.8) is 0 Å². The number of alkyl halides is 5. The summed E-state index contributed by atoms with van der Waals surface area (Å²) in [4.78, 5) is 31.4. The van der Waals surface area contributed by atoms with Crippen LogP contribution in [0.5, 0.6) is 0 Å². The number of aromatic nitrogens is 2. The maximum atomic E-state index is 14.0. The molecule has 3 amide bonds. The number of rotatable bonds is 9. The van der Waals surface area contributed by atoms with E-state index >= 15 is 0 Å². The molecule has 1 aliphatic heterocycles. The summed E-state index contributed by atoms with van der Waals surface area (Å²) in [7, 11) is 1.37. The van der Waals surface area contributed by atoms with Gasteiger partial charge in [0.15, 0.2) is 11.3 Å². The van der Waals surface area contributed by atoms with Crippen molar-refractivity contribution in [1.82, 2.24) is 25.7 Å². The minimum Gasteiger partial charge on any atom is -0.438 e. The first-order valence-corrected chi connectivity index (χ1v) is 13.9. The number of halogens is 5. The maximum absolute atomic E-state index is 14.0. The van der Waals surface area contributed by atoms with Crippen molar-refractivity contribution >= 4 is 23.0 Å². The Morgan fingerprint density at radius 2 is 1.98 bits per heavy atom. The van der Waals surface area contributed by atoms with Crippen LogP contribution in [-0.2, 0) is 4.74 Å². The van der Waals surface area contributed by atoms with Crippen LogP contribution in [0, 0.1) is 5.92 Å². The number of ether oxygens (including phenoxy) is 1. The third-order valence-corrected chi connectivity index (χ3v) is 8.07. The molecule has 234 valence electrons. The van der Waals surface area contributed by atoms with Crippen LogP contribution >= 0.6 is 0 Å². The van der Waals surface area contributed by atoms with Crippen LogP contribution in [0.3, 0.4) is 0 Å². The molecule has 3 heterocycles. The first kappa shape index (κ1) is 30.7. The van der Waals surface area contributed by atoms with Crippen molar-refractivity contribution in [2.75, 3.05) is 20.3 Å². The molecule has 0 bridgehead atoms. The van der Waals surface area contributed by atoms with Crippen LogP contribution in [0.4, 0.5) is 26.7 Å². The van der Waals surface area contributed by atoms with Gasteiger partial charge in [-0.15, -0.1) is 0 Å². The number of urea groups is 1. The highest BCUT2D eigenvalue weighted by Crippen LogP contribution is 2.42. The summed E-state index contributed by atoms with van der Waals surface area (Å²) < 4.78 is 84.2. The highest BCUT2D eigenvalue weighted by atomic mass is 19.4. The smallest absolute Gasteiger partial charge is 0.410 e. The van der Waals surface area contributed by atoms with Gasteiger partial charge in [-0.05, 0) is 42.4 Å². The predicted octanol–water partition coefficient (Wildman–Crippen LogP) is 5.88. The van der Waals surface area contributed by atoms with Gasteiger partial charge in [0.25, 0.3) is 5.91 Å². The van der Waals surface area contributed by atoms with E-state index in [0.717, 1.165) is 4.90 Å². The van der Waals surface area contributed by atoms with Gasteiger partial charge in [-0.3, -0.25) is 4.79 Å². The standard InChI is InChI=1S/C28H32F5N5O5/c1-14(2)17-12-42-37-23(17)24(39)36-22(15-6-8-27(29,30)9-7-15)25-34-18-10-16(4-5-20(18)43-25)19(13-41-3)38-11-21(28(31,32)33)35-26(38)40/h4-5,10,12,14-15,19,21-22H,6-9,11,13H2,1-3H3,(H,35,40)(H,36,39)/t19-,21+,22+/m1/s1. The van der Waals surface area contributed by atoms with E-state index in [2.05, 4.69) is 15.5 Å². The molecule has 2 N–H and O–H groups in total. The van der Waals surface area contributed by atoms with Gasteiger partial charge in [-0.2, -0.15) is 13.2 Å². The molecule has 15 heteroatoms. The topological polar surface area (TPSA) is 123 Å². The molecule has 43 heavy (non-hydrogen) atoms. The molecule has 0 unspecified atom stereocenters. The Hall–Kier alpha value is -3.75. The Kier molecular flexibility index (Phi) is 8.38. The summed E-state index contributed by atoms with van der Waals surface area (Å²) in [5.41, 5.74) is 1.72. The first-order chi connectivity index (χ1) is 20.3. The third-order valence-electron chi connectivity index (χ3n) is 8.07. The number of nitrogens with zero attached hydrogens (tertiary/aromatic N) is 3. The Balaban J connectivity index is 1.46. The van der Waals surface area contributed by atoms with Crippen LogP contribution in [0.2, 0.25) is 0 Å². The molecule has 2 fully saturated rings. The molecule has 2 aliphatic rings. The number of benzene rings is 1. The largest absolute Gasteiger partial charge is 0.438 e. The quantitative estimate of drug-likeness (QED) is 0.289. The van der Waals surface area contributed by atoms with E-state index in [0.29, 0.717) is 22.2 Å². The van der Waals surface area contributed by atoms with Gasteiger partial charge in [-0.1, -0.05) is 25.1 Å². The number of carbonyl (C=O) groups excluding carboxylic acids is 2. The van der Waals surface area contributed by atoms with Crippen LogP contribution < -0.4 is 10.6 Å². The summed E-state index contributed by atoms with van der Waals surface area (Å²) in [6, 6.07) is 0.0892. The van der Waals surface area contributed by atoms with E-state index in [4.69, 9.17) is 13.7 Å². The molecule has 1 aromatic carbocycles. The molecule has 3 atom stereocenters. The molecule has 1 saturated carbocycles. The van der Waals surface area contributed by atoms with Crippen molar-refractivity contribution in [3.8, 4) is 0 Å². The average molecular weight is 614 g/mol. The Bertz CT molecular complexity index is 1460. The highest BCUT2D eigenvalue weighted by Gasteiger charge is 2.48. The van der Waals surface area contributed by atoms with Crippen LogP contribution in [-0.4, -0.2) is 65.4 Å². The van der Waals surface area contributed by atoms with E-state index in [1.807, 2.05) is 19.2 Å². The van der Waals surface area contributed by atoms with Crippen molar-refractivity contribution in [3.05, 3.63) is 47.2 Å². The zero-order chi connectivity index (χ0) is 31.1. The summed E-state index contributed by atoms with van der Waals surface area (Å²) in [5.74, 6) is -3.77. The molecule has 10 nitrogen and oxygen atoms in total. The van der Waals surface area contributed by atoms with E-state index in [9.17, 15) is 31.5 Å². The van der Waals surface area contributed by atoms with Gasteiger partial charge in [0.1, 0.15) is 23.9 Å². The number of amides is 3. The fourth-order valence-corrected chi connectivity index (χ4v) is 5.65. The predicted molar refractivity (Wildman–Crippen MR) is 141 cm³/mol. The van der Waals surface area contributed by atoms with Gasteiger partial charge in [-0.25, -0.2) is 18.6 Å². The molecular weight excluding hydrogens is 581 g/mol. The number of methoxy groups -OCH3 is 1. The second kappa shape index (κ2) is 11.7. The lowest BCUT2D eigenvalue weighted by atomic mass is 9.82. The molecule has 2 aromatic heterocycles. The molecule has 3 aromatic rings. The molecule has 0 spiro atoms. The van der Waals surface area contributed by atoms with E-state index in [-0.39, 0.29) is 49.8 Å². The third kappa shape index (κ3) is 6.45. The lowest BCUT2D eigenvalue weighted by Crippen LogP contribution is -2.40. The minimum atomic E-state index is -4.61. The SMILES string of the molecule is COC[C@H](c1ccc2oc([C@@H](NC(=O)c3nocc3C(C)C)C3CCC(F)(F)CC3)nc2c1)N1C[C@@H](C(F)(F)F)NC1=O. The van der Waals surface area contributed by atoms with Gasteiger partial charge in [0.2, 0.25) is 11.8 Å². The van der Waals surface area contributed by atoms with Crippen LogP contribution in [0.1, 0.15) is 85.0 Å². The second-order valence-electron chi connectivity index (χ2n) is 11.4. The second-order valence-corrected chi connectivity index (χ2v) is 11.4. The van der Waals surface area contributed by atoms with Crippen LogP contribution in [0.15, 0.2) is 33.4 Å². The van der Waals surface area contributed by atoms with Gasteiger partial charge < -0.3 is 29.2 Å². The van der Waals surface area contributed by atoms with Crippen LogP contribution in [0.25, 0.3) is 11.1 Å². The lowest BCUT2D eigenvalue weighted by Gasteiger charge is -2.32. The summed E-state index contributed by atoms with van der Waals surface area (Å²) in [5, 5.41) is 8.65. The number of hydrogen-bond acceptors (Lipinski definition) is 7. The molecule has 5 rings (SSSR count). The zero-order valence-electron chi connectivity index (χ0n) is 23.7. The highest BCUT2D eigenvalue weighted by molar-refractivity contribution is 5.94. The number of nitrogens with one attached hydrogen (secondary N) is 2. The number of oxazole rings is 1. The molecular formula is C28H32F5N5O5. The summed E-state index contributed by atoms with van der Waals surface area (Å²) >= 11 is 0. The summed E-state index contributed by atoms with van der Waals surface area (Å²) in [6.45, 7) is 3.06. The van der Waals surface area contributed by atoms with Crippen molar-refractivity contribution in [2.45, 2.75) is 75.7 Å². The van der Waals surface area contributed by atoms with Gasteiger partial charge >= 0.3 is 12.2 Å². The molecule has 1 saturated heterocycles.